The van der Waals surface area contributed by atoms with Gasteiger partial charge in [-0.25, -0.2) is 13.1 Å². The second-order valence-corrected chi connectivity index (χ2v) is 9.70. The second kappa shape index (κ2) is 8.61. The van der Waals surface area contributed by atoms with Crippen LogP contribution in [-0.4, -0.2) is 19.9 Å². The average Bonchev–Trinajstić information content (AvgIpc) is 2.54. The first-order valence-electron chi connectivity index (χ1n) is 8.34. The first kappa shape index (κ1) is 21.7. The Kier molecular flexibility index (Phi) is 6.92. The number of hydrogen-bond acceptors (Lipinski definition) is 3. The molecule has 8 heteroatoms. The van der Waals surface area contributed by atoms with E-state index in [4.69, 9.17) is 23.2 Å². The lowest BCUT2D eigenvalue weighted by atomic mass is 10.1. The maximum atomic E-state index is 12.3. The minimum Gasteiger partial charge on any atom is -0.325 e. The Morgan fingerprint density at radius 3 is 2.22 bits per heavy atom. The summed E-state index contributed by atoms with van der Waals surface area (Å²) in [6.45, 7) is 5.35. The molecule has 5 nitrogen and oxygen atoms in total. The van der Waals surface area contributed by atoms with E-state index in [0.29, 0.717) is 22.2 Å². The van der Waals surface area contributed by atoms with Crippen LogP contribution >= 0.6 is 23.2 Å². The number of rotatable bonds is 6. The molecule has 2 aromatic carbocycles. The van der Waals surface area contributed by atoms with Gasteiger partial charge < -0.3 is 5.32 Å². The SMILES string of the molecule is CC(C)(C)NS(=O)(=O)c1ccc(CCC(=O)Nc2ccc(Cl)cc2Cl)cc1. The van der Waals surface area contributed by atoms with E-state index in [1.54, 1.807) is 51.1 Å². The minimum atomic E-state index is -3.57. The van der Waals surface area contributed by atoms with E-state index < -0.39 is 15.6 Å². The predicted molar refractivity (Wildman–Crippen MR) is 110 cm³/mol. The van der Waals surface area contributed by atoms with Crippen molar-refractivity contribution < 1.29 is 13.2 Å². The lowest BCUT2D eigenvalue weighted by Crippen LogP contribution is -2.40. The van der Waals surface area contributed by atoms with Crippen molar-refractivity contribution in [2.45, 2.75) is 44.0 Å². The van der Waals surface area contributed by atoms with Gasteiger partial charge in [0.25, 0.3) is 0 Å². The Hall–Kier alpha value is -1.60. The zero-order valence-electron chi connectivity index (χ0n) is 15.3. The van der Waals surface area contributed by atoms with Crippen molar-refractivity contribution in [3.8, 4) is 0 Å². The number of anilines is 1. The molecule has 2 rings (SSSR count). The van der Waals surface area contributed by atoms with Crippen molar-refractivity contribution >= 4 is 44.8 Å². The summed E-state index contributed by atoms with van der Waals surface area (Å²) in [7, 11) is -3.57. The molecule has 0 aliphatic carbocycles. The molecule has 0 unspecified atom stereocenters. The molecule has 0 aliphatic heterocycles. The van der Waals surface area contributed by atoms with Crippen LogP contribution in [0.4, 0.5) is 5.69 Å². The molecule has 27 heavy (non-hydrogen) atoms. The zero-order chi connectivity index (χ0) is 20.2. The first-order chi connectivity index (χ1) is 12.5. The van der Waals surface area contributed by atoms with Gasteiger partial charge in [-0.2, -0.15) is 0 Å². The van der Waals surface area contributed by atoms with Crippen LogP contribution in [0.3, 0.4) is 0 Å². The van der Waals surface area contributed by atoms with E-state index in [0.717, 1.165) is 5.56 Å². The Bertz CT molecular complexity index is 921. The first-order valence-corrected chi connectivity index (χ1v) is 10.6. The Labute approximate surface area is 170 Å². The Balaban J connectivity index is 1.96. The topological polar surface area (TPSA) is 75.3 Å². The molecule has 1 amide bonds. The summed E-state index contributed by atoms with van der Waals surface area (Å²) in [4.78, 5) is 12.3. The van der Waals surface area contributed by atoms with Crippen LogP contribution in [0.5, 0.6) is 0 Å². The van der Waals surface area contributed by atoms with Gasteiger partial charge in [0.1, 0.15) is 0 Å². The highest BCUT2D eigenvalue weighted by Crippen LogP contribution is 2.25. The van der Waals surface area contributed by atoms with Gasteiger partial charge in [0, 0.05) is 17.0 Å². The molecule has 0 atom stereocenters. The predicted octanol–water partition coefficient (Wildman–Crippen LogP) is 4.64. The highest BCUT2D eigenvalue weighted by atomic mass is 35.5. The van der Waals surface area contributed by atoms with E-state index in [-0.39, 0.29) is 17.2 Å². The summed E-state index contributed by atoms with van der Waals surface area (Å²) in [6.07, 6.45) is 0.718. The molecule has 0 spiro atoms. The molecule has 0 aromatic heterocycles. The Morgan fingerprint density at radius 1 is 1.04 bits per heavy atom. The van der Waals surface area contributed by atoms with E-state index in [1.807, 2.05) is 0 Å². The second-order valence-electron chi connectivity index (χ2n) is 7.17. The standard InChI is InChI=1S/C19H22Cl2N2O3S/c1-19(2,3)23-27(25,26)15-8-4-13(5-9-15)6-11-18(24)22-17-10-7-14(20)12-16(17)21/h4-5,7-10,12,23H,6,11H2,1-3H3,(H,22,24). The van der Waals surface area contributed by atoms with E-state index in [1.165, 1.54) is 12.1 Å². The van der Waals surface area contributed by atoms with E-state index in [2.05, 4.69) is 10.0 Å². The number of carbonyl (C=O) groups is 1. The third-order valence-electron chi connectivity index (χ3n) is 3.52. The molecule has 0 radical (unpaired) electrons. The van der Waals surface area contributed by atoms with E-state index in [9.17, 15) is 13.2 Å². The van der Waals surface area contributed by atoms with Gasteiger partial charge in [-0.1, -0.05) is 35.3 Å². The molecule has 0 saturated carbocycles. The molecule has 0 fully saturated rings. The smallest absolute Gasteiger partial charge is 0.241 e. The summed E-state index contributed by atoms with van der Waals surface area (Å²) in [6, 6.07) is 11.3. The van der Waals surface area contributed by atoms with Crippen molar-refractivity contribution in [1.82, 2.24) is 4.72 Å². The number of carbonyl (C=O) groups excluding carboxylic acids is 1. The molecular weight excluding hydrogens is 407 g/mol. The normalized spacial score (nSPS) is 12.0. The van der Waals surface area contributed by atoms with Crippen LogP contribution in [0.2, 0.25) is 10.0 Å². The van der Waals surface area contributed by atoms with Gasteiger partial charge in [0.05, 0.1) is 15.6 Å². The summed E-state index contributed by atoms with van der Waals surface area (Å²) in [5.41, 5.74) is 0.807. The van der Waals surface area contributed by atoms with Crippen molar-refractivity contribution in [2.75, 3.05) is 5.32 Å². The van der Waals surface area contributed by atoms with Crippen LogP contribution < -0.4 is 10.0 Å². The third kappa shape index (κ3) is 6.81. The fourth-order valence-corrected chi connectivity index (χ4v) is 4.23. The fraction of sp³-hybridized carbons (Fsp3) is 0.316. The number of amides is 1. The molecule has 146 valence electrons. The quantitative estimate of drug-likeness (QED) is 0.703. The maximum Gasteiger partial charge on any atom is 0.241 e. The molecule has 0 heterocycles. The van der Waals surface area contributed by atoms with Gasteiger partial charge in [-0.3, -0.25) is 4.79 Å². The molecule has 0 bridgehead atoms. The lowest BCUT2D eigenvalue weighted by molar-refractivity contribution is -0.116. The van der Waals surface area contributed by atoms with Crippen LogP contribution in [-0.2, 0) is 21.2 Å². The highest BCUT2D eigenvalue weighted by molar-refractivity contribution is 7.89. The summed E-state index contributed by atoms with van der Waals surface area (Å²) in [5, 5.41) is 3.60. The van der Waals surface area contributed by atoms with Crippen LogP contribution in [0, 0.1) is 0 Å². The van der Waals surface area contributed by atoms with Gasteiger partial charge in [0.2, 0.25) is 15.9 Å². The monoisotopic (exact) mass is 428 g/mol. The fourth-order valence-electron chi connectivity index (χ4n) is 2.36. The van der Waals surface area contributed by atoms with Gasteiger partial charge >= 0.3 is 0 Å². The summed E-state index contributed by atoms with van der Waals surface area (Å²) < 4.78 is 27.2. The van der Waals surface area contributed by atoms with Gasteiger partial charge in [0.15, 0.2) is 0 Å². The maximum absolute atomic E-state index is 12.3. The number of aryl methyl sites for hydroxylation is 1. The lowest BCUT2D eigenvalue weighted by Gasteiger charge is -2.20. The number of sulfonamides is 1. The number of benzene rings is 2. The van der Waals surface area contributed by atoms with Crippen molar-refractivity contribution in [3.05, 3.63) is 58.1 Å². The number of hydrogen-bond donors (Lipinski definition) is 2. The third-order valence-corrected chi connectivity index (χ3v) is 5.84. The Morgan fingerprint density at radius 2 is 1.67 bits per heavy atom. The number of nitrogens with one attached hydrogen (secondary N) is 2. The van der Waals surface area contributed by atoms with Crippen molar-refractivity contribution in [3.63, 3.8) is 0 Å². The summed E-state index contributed by atoms with van der Waals surface area (Å²) >= 11 is 11.9. The molecule has 0 saturated heterocycles. The van der Waals surface area contributed by atoms with Crippen LogP contribution in [0.1, 0.15) is 32.8 Å². The van der Waals surface area contributed by atoms with E-state index >= 15 is 0 Å². The molecule has 0 aliphatic rings. The number of halogens is 2. The molecule has 2 aromatic rings. The van der Waals surface area contributed by atoms with Crippen LogP contribution in [0.15, 0.2) is 47.4 Å². The van der Waals surface area contributed by atoms with Gasteiger partial charge in [-0.05, 0) is 63.1 Å². The average molecular weight is 429 g/mol. The largest absolute Gasteiger partial charge is 0.325 e. The summed E-state index contributed by atoms with van der Waals surface area (Å²) in [5.74, 6) is -0.190. The van der Waals surface area contributed by atoms with Crippen LogP contribution in [0.25, 0.3) is 0 Å². The van der Waals surface area contributed by atoms with Crippen molar-refractivity contribution in [1.29, 1.82) is 0 Å². The minimum absolute atomic E-state index is 0.190. The molecular formula is C19H22Cl2N2O3S. The zero-order valence-corrected chi connectivity index (χ0v) is 17.7. The van der Waals surface area contributed by atoms with Crippen molar-refractivity contribution in [2.24, 2.45) is 0 Å². The van der Waals surface area contributed by atoms with Gasteiger partial charge in [-0.15, -0.1) is 0 Å². The molecule has 2 N–H and O–H groups in total. The highest BCUT2D eigenvalue weighted by Gasteiger charge is 2.21.